The Kier molecular flexibility index (Phi) is 8.05. The van der Waals surface area contributed by atoms with Gasteiger partial charge in [-0.15, -0.1) is 12.4 Å². The van der Waals surface area contributed by atoms with Crippen molar-refractivity contribution in [2.45, 2.75) is 56.3 Å². The van der Waals surface area contributed by atoms with Crippen molar-refractivity contribution in [1.82, 2.24) is 10.0 Å². The van der Waals surface area contributed by atoms with Gasteiger partial charge in [-0.25, -0.2) is 13.1 Å². The molecule has 0 spiro atoms. The van der Waals surface area contributed by atoms with Crippen molar-refractivity contribution in [3.8, 4) is 0 Å². The molecule has 9 heteroatoms. The van der Waals surface area contributed by atoms with Crippen LogP contribution < -0.4 is 15.8 Å². The summed E-state index contributed by atoms with van der Waals surface area (Å²) < 4.78 is 32.6. The van der Waals surface area contributed by atoms with Gasteiger partial charge in [-0.3, -0.25) is 4.79 Å². The van der Waals surface area contributed by atoms with Crippen LogP contribution in [0, 0.1) is 5.92 Å². The Morgan fingerprint density at radius 3 is 2.59 bits per heavy atom. The van der Waals surface area contributed by atoms with Crippen LogP contribution in [0.3, 0.4) is 0 Å². The molecule has 0 bridgehead atoms. The van der Waals surface area contributed by atoms with Crippen LogP contribution in [0.4, 0.5) is 0 Å². The highest BCUT2D eigenvalue weighted by Crippen LogP contribution is 2.26. The first-order chi connectivity index (χ1) is 12.5. The van der Waals surface area contributed by atoms with Gasteiger partial charge in [-0.1, -0.05) is 25.3 Å². The van der Waals surface area contributed by atoms with E-state index in [-0.39, 0.29) is 35.8 Å². The lowest BCUT2D eigenvalue weighted by Crippen LogP contribution is -2.49. The van der Waals surface area contributed by atoms with Gasteiger partial charge in [0.1, 0.15) is 0 Å². The molecule has 3 rings (SSSR count). The number of fused-ring (bicyclic) bond motifs is 1. The van der Waals surface area contributed by atoms with Crippen molar-refractivity contribution in [3.63, 3.8) is 0 Å². The largest absolute Gasteiger partial charge is 0.372 e. The minimum Gasteiger partial charge on any atom is -0.372 e. The predicted octanol–water partition coefficient (Wildman–Crippen LogP) is 1.44. The standard InChI is InChI=1S/C18H27N3O4S.ClH/c19-9-17(13-4-2-1-3-5-13)21-18(22)10-20-26(23,24)16-7-6-14-11-25-12-15(14)8-16;/h6-8,13,17,20H,1-5,9-12,19H2,(H,21,22);1H. The maximum Gasteiger partial charge on any atom is 0.241 e. The zero-order valence-corrected chi connectivity index (χ0v) is 16.9. The Morgan fingerprint density at radius 2 is 1.89 bits per heavy atom. The van der Waals surface area contributed by atoms with Gasteiger partial charge in [0.25, 0.3) is 0 Å². The lowest BCUT2D eigenvalue weighted by molar-refractivity contribution is -0.121. The maximum absolute atomic E-state index is 12.4. The number of hydrogen-bond donors (Lipinski definition) is 3. The van der Waals surface area contributed by atoms with Crippen LogP contribution in [-0.4, -0.2) is 33.5 Å². The Bertz CT molecular complexity index is 751. The van der Waals surface area contributed by atoms with E-state index in [4.69, 9.17) is 10.5 Å². The van der Waals surface area contributed by atoms with E-state index in [1.807, 2.05) is 0 Å². The molecule has 0 aromatic heterocycles. The molecular formula is C18H28ClN3O4S. The van der Waals surface area contributed by atoms with Gasteiger partial charge in [-0.05, 0) is 42.0 Å². The second-order valence-electron chi connectivity index (χ2n) is 7.06. The third-order valence-electron chi connectivity index (χ3n) is 5.25. The zero-order valence-electron chi connectivity index (χ0n) is 15.3. The van der Waals surface area contributed by atoms with Crippen LogP contribution in [0.15, 0.2) is 23.1 Å². The molecule has 1 aromatic carbocycles. The predicted molar refractivity (Wildman–Crippen MR) is 105 cm³/mol. The van der Waals surface area contributed by atoms with Crippen molar-refractivity contribution < 1.29 is 17.9 Å². The van der Waals surface area contributed by atoms with Gasteiger partial charge < -0.3 is 15.8 Å². The number of rotatable bonds is 7. The number of carbonyl (C=O) groups excluding carboxylic acids is 1. The molecular weight excluding hydrogens is 390 g/mol. The van der Waals surface area contributed by atoms with E-state index in [0.717, 1.165) is 36.8 Å². The third kappa shape index (κ3) is 5.65. The first-order valence-electron chi connectivity index (χ1n) is 9.18. The number of hydrogen-bond acceptors (Lipinski definition) is 5. The minimum absolute atomic E-state index is 0. The molecule has 4 N–H and O–H groups in total. The lowest BCUT2D eigenvalue weighted by atomic mass is 9.84. The van der Waals surface area contributed by atoms with Gasteiger partial charge >= 0.3 is 0 Å². The fourth-order valence-electron chi connectivity index (χ4n) is 3.72. The molecule has 2 aliphatic rings. The molecule has 152 valence electrons. The first-order valence-corrected chi connectivity index (χ1v) is 10.7. The van der Waals surface area contributed by atoms with Crippen molar-refractivity contribution in [1.29, 1.82) is 0 Å². The number of carbonyl (C=O) groups is 1. The Morgan fingerprint density at radius 1 is 1.19 bits per heavy atom. The quantitative estimate of drug-likeness (QED) is 0.621. The summed E-state index contributed by atoms with van der Waals surface area (Å²) in [5, 5.41) is 2.89. The molecule has 1 aliphatic carbocycles. The van der Waals surface area contributed by atoms with Crippen molar-refractivity contribution in [3.05, 3.63) is 29.3 Å². The Hall–Kier alpha value is -1.19. The highest BCUT2D eigenvalue weighted by atomic mass is 35.5. The summed E-state index contributed by atoms with van der Waals surface area (Å²) in [4.78, 5) is 12.4. The van der Waals surface area contributed by atoms with E-state index in [1.165, 1.54) is 6.42 Å². The first kappa shape index (κ1) is 22.1. The van der Waals surface area contributed by atoms with Crippen LogP contribution in [0.25, 0.3) is 0 Å². The van der Waals surface area contributed by atoms with Crippen LogP contribution in [-0.2, 0) is 32.8 Å². The average Bonchev–Trinajstić information content (AvgIpc) is 3.13. The highest BCUT2D eigenvalue weighted by Gasteiger charge is 2.25. The topological polar surface area (TPSA) is 111 Å². The molecule has 7 nitrogen and oxygen atoms in total. The fourth-order valence-corrected chi connectivity index (χ4v) is 4.76. The lowest BCUT2D eigenvalue weighted by Gasteiger charge is -2.30. The van der Waals surface area contributed by atoms with Crippen LogP contribution in [0.5, 0.6) is 0 Å². The molecule has 1 aliphatic heterocycles. The zero-order chi connectivity index (χ0) is 18.6. The van der Waals surface area contributed by atoms with Crippen molar-refractivity contribution in [2.75, 3.05) is 13.1 Å². The molecule has 27 heavy (non-hydrogen) atoms. The van der Waals surface area contributed by atoms with Crippen LogP contribution in [0.1, 0.15) is 43.2 Å². The molecule has 0 radical (unpaired) electrons. The number of nitrogens with two attached hydrogens (primary N) is 1. The summed E-state index contributed by atoms with van der Waals surface area (Å²) >= 11 is 0. The van der Waals surface area contributed by atoms with Crippen molar-refractivity contribution in [2.24, 2.45) is 11.7 Å². The monoisotopic (exact) mass is 417 g/mol. The molecule has 0 saturated heterocycles. The maximum atomic E-state index is 12.4. The second kappa shape index (κ2) is 9.84. The number of ether oxygens (including phenoxy) is 1. The number of benzene rings is 1. The number of amides is 1. The number of sulfonamides is 1. The van der Waals surface area contributed by atoms with Gasteiger partial charge in [0.2, 0.25) is 15.9 Å². The Labute approximate surface area is 166 Å². The second-order valence-corrected chi connectivity index (χ2v) is 8.82. The van der Waals surface area contributed by atoms with E-state index in [1.54, 1.807) is 18.2 Å². The van der Waals surface area contributed by atoms with E-state index < -0.39 is 10.0 Å². The Balaban J connectivity index is 0.00000261. The third-order valence-corrected chi connectivity index (χ3v) is 6.64. The number of halogens is 1. The van der Waals surface area contributed by atoms with E-state index in [9.17, 15) is 13.2 Å². The molecule has 1 amide bonds. The molecule has 1 atom stereocenters. The molecule has 1 aromatic rings. The van der Waals surface area contributed by atoms with Crippen LogP contribution >= 0.6 is 12.4 Å². The summed E-state index contributed by atoms with van der Waals surface area (Å²) in [5.74, 6) is 0.0325. The fraction of sp³-hybridized carbons (Fsp3) is 0.611. The number of nitrogens with one attached hydrogen (secondary N) is 2. The molecule has 1 heterocycles. The highest BCUT2D eigenvalue weighted by molar-refractivity contribution is 7.89. The summed E-state index contributed by atoms with van der Waals surface area (Å²) in [6.45, 7) is 0.999. The summed E-state index contributed by atoms with van der Waals surface area (Å²) in [5.41, 5.74) is 7.68. The SMILES string of the molecule is Cl.NCC(NC(=O)CNS(=O)(=O)c1ccc2c(c1)COC2)C1CCCCC1. The minimum atomic E-state index is -3.74. The smallest absolute Gasteiger partial charge is 0.241 e. The average molecular weight is 418 g/mol. The molecule has 1 unspecified atom stereocenters. The normalized spacial score (nSPS) is 18.4. The summed E-state index contributed by atoms with van der Waals surface area (Å²) in [6.07, 6.45) is 5.67. The van der Waals surface area contributed by atoms with Crippen LogP contribution in [0.2, 0.25) is 0 Å². The molecule has 1 fully saturated rings. The van der Waals surface area contributed by atoms with Crippen molar-refractivity contribution >= 4 is 28.3 Å². The van der Waals surface area contributed by atoms with E-state index >= 15 is 0 Å². The van der Waals surface area contributed by atoms with Gasteiger partial charge in [0.15, 0.2) is 0 Å². The van der Waals surface area contributed by atoms with E-state index in [2.05, 4.69) is 10.0 Å². The van der Waals surface area contributed by atoms with Gasteiger partial charge in [-0.2, -0.15) is 0 Å². The molecule has 1 saturated carbocycles. The summed E-state index contributed by atoms with van der Waals surface area (Å²) in [6, 6.07) is 4.81. The summed E-state index contributed by atoms with van der Waals surface area (Å²) in [7, 11) is -3.74. The van der Waals surface area contributed by atoms with E-state index in [0.29, 0.717) is 25.7 Å². The van der Waals surface area contributed by atoms with Gasteiger partial charge in [0.05, 0.1) is 24.7 Å². The van der Waals surface area contributed by atoms with Gasteiger partial charge in [0, 0.05) is 12.6 Å².